The van der Waals surface area contributed by atoms with Crippen molar-refractivity contribution in [1.29, 1.82) is 0 Å². The molecule has 4 heteroatoms. The smallest absolute Gasteiger partial charge is 0.0449 e. The van der Waals surface area contributed by atoms with E-state index in [-0.39, 0.29) is 0 Å². The van der Waals surface area contributed by atoms with E-state index in [0.29, 0.717) is 5.25 Å². The van der Waals surface area contributed by atoms with Crippen LogP contribution in [0.15, 0.2) is 24.4 Å². The maximum Gasteiger partial charge on any atom is 0.0449 e. The van der Waals surface area contributed by atoms with Crippen molar-refractivity contribution in [2.45, 2.75) is 19.1 Å². The third-order valence-corrected chi connectivity index (χ3v) is 4.77. The van der Waals surface area contributed by atoms with Gasteiger partial charge in [-0.15, -0.1) is 0 Å². The number of benzene rings is 1. The van der Waals surface area contributed by atoms with Crippen LogP contribution in [-0.2, 0) is 0 Å². The highest BCUT2D eigenvalue weighted by molar-refractivity contribution is 8.00. The molecule has 1 aliphatic heterocycles. The zero-order valence-corrected chi connectivity index (χ0v) is 12.2. The molecule has 1 fully saturated rings. The summed E-state index contributed by atoms with van der Waals surface area (Å²) in [5, 5.41) is 2.98. The van der Waals surface area contributed by atoms with Crippen LogP contribution in [0.1, 0.15) is 12.6 Å². The largest absolute Gasteiger partial charge is 0.398 e. The normalized spacial score (nSPS) is 19.9. The van der Waals surface area contributed by atoms with E-state index in [9.17, 15) is 0 Å². The quantitative estimate of drug-likeness (QED) is 0.811. The van der Waals surface area contributed by atoms with Crippen molar-refractivity contribution in [1.82, 2.24) is 4.98 Å². The third kappa shape index (κ3) is 2.37. The van der Waals surface area contributed by atoms with Crippen LogP contribution in [0.5, 0.6) is 0 Å². The number of aryl methyl sites for hydroxylation is 1. The fourth-order valence-corrected chi connectivity index (χ4v) is 3.68. The van der Waals surface area contributed by atoms with E-state index in [1.807, 2.05) is 30.9 Å². The molecule has 0 spiro atoms. The lowest BCUT2D eigenvalue weighted by Gasteiger charge is -2.33. The van der Waals surface area contributed by atoms with Gasteiger partial charge in [0.05, 0.1) is 0 Å². The summed E-state index contributed by atoms with van der Waals surface area (Å²) in [7, 11) is 0. The van der Waals surface area contributed by atoms with Gasteiger partial charge in [0.15, 0.2) is 0 Å². The molecule has 0 amide bonds. The second kappa shape index (κ2) is 4.93. The van der Waals surface area contributed by atoms with Crippen LogP contribution in [0.3, 0.4) is 0 Å². The second-order valence-electron chi connectivity index (χ2n) is 5.17. The molecule has 1 atom stereocenters. The summed E-state index contributed by atoms with van der Waals surface area (Å²) in [6.45, 7) is 6.53. The van der Waals surface area contributed by atoms with Gasteiger partial charge in [-0.3, -0.25) is 4.98 Å². The Morgan fingerprint density at radius 3 is 3.00 bits per heavy atom. The van der Waals surface area contributed by atoms with Gasteiger partial charge in [-0.25, -0.2) is 0 Å². The molecule has 0 saturated carbocycles. The SMILES string of the molecule is Cc1cc2c(N3CCSC(C)C3)ccc(N)c2cn1. The van der Waals surface area contributed by atoms with Crippen LogP contribution in [0.4, 0.5) is 11.4 Å². The standard InChI is InChI=1S/C15H19N3S/c1-10-7-12-13(8-17-10)14(16)3-4-15(12)18-5-6-19-11(2)9-18/h3-4,7-8,11H,5-6,9,16H2,1-2H3. The molecule has 3 nitrogen and oxygen atoms in total. The van der Waals surface area contributed by atoms with E-state index < -0.39 is 0 Å². The molecule has 0 bridgehead atoms. The average Bonchev–Trinajstić information content (AvgIpc) is 2.39. The van der Waals surface area contributed by atoms with E-state index in [1.165, 1.54) is 16.8 Å². The number of pyridine rings is 1. The van der Waals surface area contributed by atoms with Crippen molar-refractivity contribution in [3.8, 4) is 0 Å². The van der Waals surface area contributed by atoms with Gasteiger partial charge < -0.3 is 10.6 Å². The van der Waals surface area contributed by atoms with E-state index in [0.717, 1.165) is 29.9 Å². The predicted molar refractivity (Wildman–Crippen MR) is 85.0 cm³/mol. The number of anilines is 2. The van der Waals surface area contributed by atoms with Gasteiger partial charge in [-0.1, -0.05) is 6.92 Å². The summed E-state index contributed by atoms with van der Waals surface area (Å²) in [5.41, 5.74) is 9.21. The molecule has 0 aliphatic carbocycles. The monoisotopic (exact) mass is 273 g/mol. The third-order valence-electron chi connectivity index (χ3n) is 3.63. The molecule has 2 heterocycles. The number of fused-ring (bicyclic) bond motifs is 1. The Labute approximate surface area is 118 Å². The van der Waals surface area contributed by atoms with Gasteiger partial charge in [0, 0.05) is 58.1 Å². The van der Waals surface area contributed by atoms with Crippen molar-refractivity contribution in [3.05, 3.63) is 30.1 Å². The number of aromatic nitrogens is 1. The van der Waals surface area contributed by atoms with Gasteiger partial charge in [0.25, 0.3) is 0 Å². The number of hydrogen-bond donors (Lipinski definition) is 1. The summed E-state index contributed by atoms with van der Waals surface area (Å²) >= 11 is 2.05. The molecule has 1 aromatic heterocycles. The first-order chi connectivity index (χ1) is 9.15. The van der Waals surface area contributed by atoms with Gasteiger partial charge in [-0.05, 0) is 25.1 Å². The molecule has 3 rings (SSSR count). The number of thioether (sulfide) groups is 1. The van der Waals surface area contributed by atoms with Crippen molar-refractivity contribution in [2.24, 2.45) is 0 Å². The summed E-state index contributed by atoms with van der Waals surface area (Å²) in [4.78, 5) is 6.84. The lowest BCUT2D eigenvalue weighted by Crippen LogP contribution is -2.36. The van der Waals surface area contributed by atoms with Gasteiger partial charge in [0.1, 0.15) is 0 Å². The van der Waals surface area contributed by atoms with Crippen LogP contribution in [-0.4, -0.2) is 29.1 Å². The van der Waals surface area contributed by atoms with Crippen LogP contribution >= 0.6 is 11.8 Å². The first-order valence-corrected chi connectivity index (χ1v) is 7.71. The topological polar surface area (TPSA) is 42.1 Å². The number of rotatable bonds is 1. The Morgan fingerprint density at radius 1 is 1.37 bits per heavy atom. The highest BCUT2D eigenvalue weighted by atomic mass is 32.2. The van der Waals surface area contributed by atoms with Gasteiger partial charge >= 0.3 is 0 Å². The molecule has 1 unspecified atom stereocenters. The van der Waals surface area contributed by atoms with Gasteiger partial charge in [0.2, 0.25) is 0 Å². The summed E-state index contributed by atoms with van der Waals surface area (Å²) in [6, 6.07) is 6.30. The number of hydrogen-bond acceptors (Lipinski definition) is 4. The molecule has 19 heavy (non-hydrogen) atoms. The van der Waals surface area contributed by atoms with E-state index in [4.69, 9.17) is 5.73 Å². The molecule has 1 aromatic carbocycles. The minimum Gasteiger partial charge on any atom is -0.398 e. The molecule has 100 valence electrons. The number of nitrogens with zero attached hydrogens (tertiary/aromatic N) is 2. The minimum atomic E-state index is 0.685. The zero-order chi connectivity index (χ0) is 13.4. The van der Waals surface area contributed by atoms with Crippen molar-refractivity contribution in [3.63, 3.8) is 0 Å². The molecule has 1 aliphatic rings. The molecule has 1 saturated heterocycles. The summed E-state index contributed by atoms with van der Waals surface area (Å²) in [5.74, 6) is 1.19. The van der Waals surface area contributed by atoms with Crippen molar-refractivity contribution >= 4 is 33.9 Å². The Bertz CT molecular complexity index is 612. The Balaban J connectivity index is 2.12. The van der Waals surface area contributed by atoms with Crippen LogP contribution in [0, 0.1) is 6.92 Å². The van der Waals surface area contributed by atoms with E-state index in [1.54, 1.807) is 0 Å². The van der Waals surface area contributed by atoms with Crippen LogP contribution < -0.4 is 10.6 Å². The molecule has 2 aromatic rings. The maximum atomic E-state index is 6.07. The predicted octanol–water partition coefficient (Wildman–Crippen LogP) is 3.07. The first-order valence-electron chi connectivity index (χ1n) is 6.66. The molecular weight excluding hydrogens is 254 g/mol. The van der Waals surface area contributed by atoms with E-state index >= 15 is 0 Å². The number of nitrogen functional groups attached to an aromatic ring is 1. The van der Waals surface area contributed by atoms with Crippen molar-refractivity contribution in [2.75, 3.05) is 29.5 Å². The van der Waals surface area contributed by atoms with Gasteiger partial charge in [-0.2, -0.15) is 11.8 Å². The Kier molecular flexibility index (Phi) is 3.27. The fourth-order valence-electron chi connectivity index (χ4n) is 2.66. The van der Waals surface area contributed by atoms with E-state index in [2.05, 4.69) is 28.9 Å². The highest BCUT2D eigenvalue weighted by Gasteiger charge is 2.19. The Morgan fingerprint density at radius 2 is 2.21 bits per heavy atom. The maximum absolute atomic E-state index is 6.07. The number of nitrogens with two attached hydrogens (primary N) is 1. The lowest BCUT2D eigenvalue weighted by molar-refractivity contribution is 0.786. The minimum absolute atomic E-state index is 0.685. The fraction of sp³-hybridized carbons (Fsp3) is 0.400. The average molecular weight is 273 g/mol. The second-order valence-corrected chi connectivity index (χ2v) is 6.72. The van der Waals surface area contributed by atoms with Crippen molar-refractivity contribution < 1.29 is 0 Å². The van der Waals surface area contributed by atoms with Crippen LogP contribution in [0.25, 0.3) is 10.8 Å². The Hall–Kier alpha value is -1.42. The molecule has 0 radical (unpaired) electrons. The zero-order valence-electron chi connectivity index (χ0n) is 11.4. The summed E-state index contributed by atoms with van der Waals surface area (Å²) in [6.07, 6.45) is 1.89. The molecule has 2 N–H and O–H groups in total. The molecular formula is C15H19N3S. The summed E-state index contributed by atoms with van der Waals surface area (Å²) < 4.78 is 0. The first kappa shape index (κ1) is 12.6. The highest BCUT2D eigenvalue weighted by Crippen LogP contribution is 2.33. The lowest BCUT2D eigenvalue weighted by atomic mass is 10.1. The van der Waals surface area contributed by atoms with Crippen LogP contribution in [0.2, 0.25) is 0 Å².